The van der Waals surface area contributed by atoms with Crippen molar-refractivity contribution in [1.82, 2.24) is 5.32 Å². The standard InChI is InChI=1S/C13H16N2O3/c1-14-6-3-7-15-11-5-4-9(18-2)8-10(11)12(16)13(15)17/h4-5,8,14H,3,6-7H2,1-2H3. The minimum Gasteiger partial charge on any atom is -0.497 e. The van der Waals surface area contributed by atoms with Crippen molar-refractivity contribution in [2.24, 2.45) is 0 Å². The molecule has 0 bridgehead atoms. The Morgan fingerprint density at radius 1 is 1.33 bits per heavy atom. The first-order valence-corrected chi connectivity index (χ1v) is 5.88. The van der Waals surface area contributed by atoms with Gasteiger partial charge in [0.2, 0.25) is 0 Å². The molecule has 1 amide bonds. The summed E-state index contributed by atoms with van der Waals surface area (Å²) in [7, 11) is 3.39. The van der Waals surface area contributed by atoms with Gasteiger partial charge in [0.05, 0.1) is 18.4 Å². The molecule has 1 aliphatic heterocycles. The fraction of sp³-hybridized carbons (Fsp3) is 0.385. The van der Waals surface area contributed by atoms with E-state index >= 15 is 0 Å². The van der Waals surface area contributed by atoms with Gasteiger partial charge in [0.1, 0.15) is 5.75 Å². The molecule has 0 aliphatic carbocycles. The summed E-state index contributed by atoms with van der Waals surface area (Å²) in [6.07, 6.45) is 0.807. The van der Waals surface area contributed by atoms with Crippen LogP contribution in [0.4, 0.5) is 5.69 Å². The number of ether oxygens (including phenoxy) is 1. The van der Waals surface area contributed by atoms with Gasteiger partial charge in [-0.15, -0.1) is 0 Å². The molecule has 2 rings (SSSR count). The molecule has 1 aromatic carbocycles. The summed E-state index contributed by atoms with van der Waals surface area (Å²) in [5.41, 5.74) is 1.12. The van der Waals surface area contributed by atoms with Crippen LogP contribution in [0.5, 0.6) is 5.75 Å². The van der Waals surface area contributed by atoms with Gasteiger partial charge in [-0.25, -0.2) is 0 Å². The van der Waals surface area contributed by atoms with Crippen LogP contribution in [0.3, 0.4) is 0 Å². The highest BCUT2D eigenvalue weighted by atomic mass is 16.5. The van der Waals surface area contributed by atoms with E-state index in [1.165, 1.54) is 12.0 Å². The summed E-state index contributed by atoms with van der Waals surface area (Å²) in [6.45, 7) is 1.36. The summed E-state index contributed by atoms with van der Waals surface area (Å²) in [6, 6.07) is 5.14. The molecule has 0 saturated carbocycles. The number of carbonyl (C=O) groups is 2. The van der Waals surface area contributed by atoms with Crippen LogP contribution >= 0.6 is 0 Å². The Kier molecular flexibility index (Phi) is 3.62. The van der Waals surface area contributed by atoms with E-state index in [4.69, 9.17) is 4.74 Å². The number of benzene rings is 1. The lowest BCUT2D eigenvalue weighted by molar-refractivity contribution is -0.114. The molecule has 96 valence electrons. The molecule has 0 atom stereocenters. The number of anilines is 1. The Hall–Kier alpha value is -1.88. The second-order valence-electron chi connectivity index (χ2n) is 4.13. The first-order chi connectivity index (χ1) is 8.69. The topological polar surface area (TPSA) is 58.6 Å². The Bertz CT molecular complexity index is 485. The number of amides is 1. The molecule has 0 fully saturated rings. The third kappa shape index (κ3) is 2.09. The number of rotatable bonds is 5. The lowest BCUT2D eigenvalue weighted by Crippen LogP contribution is -2.32. The number of Topliss-reactive ketones (excluding diaryl/α,β-unsaturated/α-hetero) is 1. The van der Waals surface area contributed by atoms with Crippen molar-refractivity contribution in [3.63, 3.8) is 0 Å². The number of carbonyl (C=O) groups excluding carboxylic acids is 2. The maximum absolute atomic E-state index is 11.9. The Morgan fingerprint density at radius 2 is 2.11 bits per heavy atom. The fourth-order valence-electron chi connectivity index (χ4n) is 2.04. The molecule has 0 unspecified atom stereocenters. The maximum Gasteiger partial charge on any atom is 0.299 e. The summed E-state index contributed by atoms with van der Waals surface area (Å²) in [5.74, 6) is -0.310. The van der Waals surface area contributed by atoms with E-state index in [0.717, 1.165) is 13.0 Å². The highest BCUT2D eigenvalue weighted by Gasteiger charge is 2.35. The van der Waals surface area contributed by atoms with Crippen molar-refractivity contribution < 1.29 is 14.3 Å². The second kappa shape index (κ2) is 5.18. The number of nitrogens with one attached hydrogen (secondary N) is 1. The SMILES string of the molecule is CNCCCN1C(=O)C(=O)c2cc(OC)ccc21. The zero-order valence-electron chi connectivity index (χ0n) is 10.5. The summed E-state index contributed by atoms with van der Waals surface area (Å²) >= 11 is 0. The van der Waals surface area contributed by atoms with Crippen LogP contribution in [-0.2, 0) is 4.79 Å². The van der Waals surface area contributed by atoms with E-state index in [9.17, 15) is 9.59 Å². The van der Waals surface area contributed by atoms with Gasteiger partial charge in [0, 0.05) is 6.54 Å². The second-order valence-corrected chi connectivity index (χ2v) is 4.13. The molecule has 0 radical (unpaired) electrons. The number of ketones is 1. The van der Waals surface area contributed by atoms with Gasteiger partial charge in [0.15, 0.2) is 0 Å². The fourth-order valence-corrected chi connectivity index (χ4v) is 2.04. The van der Waals surface area contributed by atoms with Crippen molar-refractivity contribution in [2.45, 2.75) is 6.42 Å². The van der Waals surface area contributed by atoms with E-state index in [2.05, 4.69) is 5.32 Å². The molecule has 18 heavy (non-hydrogen) atoms. The van der Waals surface area contributed by atoms with Crippen LogP contribution in [0.25, 0.3) is 0 Å². The van der Waals surface area contributed by atoms with E-state index in [1.807, 2.05) is 7.05 Å². The number of hydrogen-bond donors (Lipinski definition) is 1. The summed E-state index contributed by atoms with van der Waals surface area (Å²) in [5, 5.41) is 3.02. The third-order valence-corrected chi connectivity index (χ3v) is 2.99. The zero-order valence-corrected chi connectivity index (χ0v) is 10.5. The molecule has 0 aromatic heterocycles. The molecule has 5 nitrogen and oxygen atoms in total. The smallest absolute Gasteiger partial charge is 0.299 e. The number of nitrogens with zero attached hydrogens (tertiary/aromatic N) is 1. The molecule has 5 heteroatoms. The van der Waals surface area contributed by atoms with Gasteiger partial charge in [-0.2, -0.15) is 0 Å². The van der Waals surface area contributed by atoms with Crippen molar-refractivity contribution in [3.8, 4) is 5.75 Å². The van der Waals surface area contributed by atoms with Crippen LogP contribution in [-0.4, -0.2) is 38.9 Å². The highest BCUT2D eigenvalue weighted by molar-refractivity contribution is 6.52. The third-order valence-electron chi connectivity index (χ3n) is 2.99. The number of methoxy groups -OCH3 is 1. The van der Waals surface area contributed by atoms with Crippen molar-refractivity contribution in [2.75, 3.05) is 32.1 Å². The minimum absolute atomic E-state index is 0.434. The highest BCUT2D eigenvalue weighted by Crippen LogP contribution is 2.31. The predicted octanol–water partition coefficient (Wildman–Crippen LogP) is 0.834. The molecule has 0 spiro atoms. The van der Waals surface area contributed by atoms with Crippen molar-refractivity contribution in [3.05, 3.63) is 23.8 Å². The minimum atomic E-state index is -0.451. The number of hydrogen-bond acceptors (Lipinski definition) is 4. The van der Waals surface area contributed by atoms with Crippen LogP contribution in [0.2, 0.25) is 0 Å². The first kappa shape index (κ1) is 12.6. The lowest BCUT2D eigenvalue weighted by atomic mass is 10.1. The molecule has 0 saturated heterocycles. The van der Waals surface area contributed by atoms with E-state index in [1.54, 1.807) is 18.2 Å². The van der Waals surface area contributed by atoms with Crippen LogP contribution in [0, 0.1) is 0 Å². The average Bonchev–Trinajstić information content (AvgIpc) is 2.63. The molecular formula is C13H16N2O3. The quantitative estimate of drug-likeness (QED) is 0.619. The van der Waals surface area contributed by atoms with Gasteiger partial charge in [-0.05, 0) is 38.2 Å². The van der Waals surface area contributed by atoms with Gasteiger partial charge in [0.25, 0.3) is 11.7 Å². The largest absolute Gasteiger partial charge is 0.497 e. The maximum atomic E-state index is 11.9. The molecule has 1 heterocycles. The Balaban J connectivity index is 2.26. The van der Waals surface area contributed by atoms with Crippen LogP contribution in [0.15, 0.2) is 18.2 Å². The van der Waals surface area contributed by atoms with Crippen molar-refractivity contribution in [1.29, 1.82) is 0 Å². The van der Waals surface area contributed by atoms with Gasteiger partial charge in [-0.3, -0.25) is 9.59 Å². The molecular weight excluding hydrogens is 232 g/mol. The van der Waals surface area contributed by atoms with E-state index in [-0.39, 0.29) is 0 Å². The average molecular weight is 248 g/mol. The normalized spacial score (nSPS) is 14.0. The Labute approximate surface area is 106 Å². The van der Waals surface area contributed by atoms with Crippen LogP contribution in [0.1, 0.15) is 16.8 Å². The lowest BCUT2D eigenvalue weighted by Gasteiger charge is -2.16. The van der Waals surface area contributed by atoms with E-state index < -0.39 is 11.7 Å². The summed E-state index contributed by atoms with van der Waals surface area (Å²) < 4.78 is 5.06. The van der Waals surface area contributed by atoms with Crippen molar-refractivity contribution >= 4 is 17.4 Å². The van der Waals surface area contributed by atoms with Crippen LogP contribution < -0.4 is 15.0 Å². The van der Waals surface area contributed by atoms with Gasteiger partial charge >= 0.3 is 0 Å². The summed E-state index contributed by atoms with van der Waals surface area (Å²) in [4.78, 5) is 25.3. The predicted molar refractivity (Wildman–Crippen MR) is 68.2 cm³/mol. The van der Waals surface area contributed by atoms with E-state index in [0.29, 0.717) is 23.5 Å². The first-order valence-electron chi connectivity index (χ1n) is 5.88. The van der Waals surface area contributed by atoms with Gasteiger partial charge < -0.3 is 15.0 Å². The molecule has 1 N–H and O–H groups in total. The number of fused-ring (bicyclic) bond motifs is 1. The molecule has 1 aliphatic rings. The zero-order chi connectivity index (χ0) is 13.1. The molecule has 1 aromatic rings. The monoisotopic (exact) mass is 248 g/mol. The van der Waals surface area contributed by atoms with Gasteiger partial charge in [-0.1, -0.05) is 0 Å². The Morgan fingerprint density at radius 3 is 2.78 bits per heavy atom.